The Labute approximate surface area is 202 Å². The molecule has 0 aromatic heterocycles. The number of nitrogens with one attached hydrogen (secondary N) is 3. The van der Waals surface area contributed by atoms with Crippen LogP contribution in [0.15, 0.2) is 71.8 Å². The zero-order chi connectivity index (χ0) is 24.5. The van der Waals surface area contributed by atoms with E-state index >= 15 is 0 Å². The van der Waals surface area contributed by atoms with Gasteiger partial charge >= 0.3 is 11.8 Å². The number of carbonyl (C=O) groups is 3. The largest absolute Gasteiger partial charge is 0.484 e. The first-order valence-corrected chi connectivity index (χ1v) is 10.7. The van der Waals surface area contributed by atoms with Gasteiger partial charge < -0.3 is 15.4 Å². The Bertz CT molecular complexity index is 1230. The first kappa shape index (κ1) is 24.5. The van der Waals surface area contributed by atoms with E-state index < -0.39 is 11.8 Å². The Balaban J connectivity index is 1.45. The van der Waals surface area contributed by atoms with Crippen LogP contribution in [0, 0.1) is 13.8 Å². The molecule has 3 aromatic carbocycles. The lowest BCUT2D eigenvalue weighted by Crippen LogP contribution is -2.32. The van der Waals surface area contributed by atoms with Gasteiger partial charge in [-0.05, 0) is 73.0 Å². The number of hydrogen-bond donors (Lipinski definition) is 3. The lowest BCUT2D eigenvalue weighted by atomic mass is 10.1. The van der Waals surface area contributed by atoms with Crippen LogP contribution < -0.4 is 20.8 Å². The van der Waals surface area contributed by atoms with Gasteiger partial charge in [0, 0.05) is 5.69 Å². The Morgan fingerprint density at radius 2 is 1.65 bits per heavy atom. The van der Waals surface area contributed by atoms with Gasteiger partial charge in [0.15, 0.2) is 6.61 Å². The highest BCUT2D eigenvalue weighted by atomic mass is 35.5. The Hall–Kier alpha value is -4.17. The third-order valence-electron chi connectivity index (χ3n) is 4.63. The van der Waals surface area contributed by atoms with Gasteiger partial charge in [-0.25, -0.2) is 5.43 Å². The number of carbonyl (C=O) groups excluding carboxylic acids is 3. The van der Waals surface area contributed by atoms with E-state index in [0.29, 0.717) is 22.0 Å². The topological polar surface area (TPSA) is 109 Å². The molecule has 0 aliphatic heterocycles. The minimum atomic E-state index is -0.939. The Morgan fingerprint density at radius 1 is 0.912 bits per heavy atom. The van der Waals surface area contributed by atoms with Crippen molar-refractivity contribution in [2.24, 2.45) is 5.10 Å². The summed E-state index contributed by atoms with van der Waals surface area (Å²) in [7, 11) is 0. The summed E-state index contributed by atoms with van der Waals surface area (Å²) in [4.78, 5) is 36.0. The summed E-state index contributed by atoms with van der Waals surface area (Å²) in [6.07, 6.45) is 1.37. The number of ether oxygens (including phenoxy) is 1. The molecule has 0 spiro atoms. The summed E-state index contributed by atoms with van der Waals surface area (Å²) in [5, 5.41) is 9.32. The standard InChI is InChI=1S/C25H23ClN4O4/c1-16-7-8-17(2)22(13-16)28-23(31)15-34-19-11-9-18(10-12-19)14-27-30-25(33)24(32)29-21-6-4-3-5-20(21)26/h3-14H,15H2,1-2H3,(H,28,31)(H,29,32)(H,30,33)/b27-14-. The zero-order valence-corrected chi connectivity index (χ0v) is 19.3. The second kappa shape index (κ2) is 11.6. The van der Waals surface area contributed by atoms with Gasteiger partial charge in [0.05, 0.1) is 16.9 Å². The molecule has 3 rings (SSSR count). The van der Waals surface area contributed by atoms with Crippen molar-refractivity contribution in [2.45, 2.75) is 13.8 Å². The van der Waals surface area contributed by atoms with Gasteiger partial charge in [0.25, 0.3) is 5.91 Å². The second-order valence-electron chi connectivity index (χ2n) is 7.36. The summed E-state index contributed by atoms with van der Waals surface area (Å²) in [6, 6.07) is 19.1. The van der Waals surface area contributed by atoms with Crippen LogP contribution in [0.2, 0.25) is 5.02 Å². The smallest absolute Gasteiger partial charge is 0.329 e. The average molecular weight is 479 g/mol. The third-order valence-corrected chi connectivity index (χ3v) is 4.95. The van der Waals surface area contributed by atoms with Gasteiger partial charge in [-0.2, -0.15) is 5.10 Å². The first-order chi connectivity index (χ1) is 16.3. The Kier molecular flexibility index (Phi) is 8.37. The van der Waals surface area contributed by atoms with Gasteiger partial charge in [-0.1, -0.05) is 35.9 Å². The molecule has 0 fully saturated rings. The van der Waals surface area contributed by atoms with E-state index in [2.05, 4.69) is 21.2 Å². The van der Waals surface area contributed by atoms with E-state index in [4.69, 9.17) is 16.3 Å². The minimum Gasteiger partial charge on any atom is -0.484 e. The summed E-state index contributed by atoms with van der Waals surface area (Å²) in [5.74, 6) is -1.60. The molecule has 0 bridgehead atoms. The number of hydrazone groups is 1. The number of anilines is 2. The predicted octanol–water partition coefficient (Wildman–Crippen LogP) is 4.06. The molecule has 3 amide bonds. The van der Waals surface area contributed by atoms with E-state index in [1.165, 1.54) is 6.21 Å². The second-order valence-corrected chi connectivity index (χ2v) is 7.76. The van der Waals surface area contributed by atoms with Crippen molar-refractivity contribution in [1.29, 1.82) is 0 Å². The fourth-order valence-electron chi connectivity index (χ4n) is 2.81. The van der Waals surface area contributed by atoms with Crippen molar-refractivity contribution in [1.82, 2.24) is 5.43 Å². The molecule has 174 valence electrons. The monoisotopic (exact) mass is 478 g/mol. The number of nitrogens with zero attached hydrogens (tertiary/aromatic N) is 1. The van der Waals surface area contributed by atoms with Crippen LogP contribution >= 0.6 is 11.6 Å². The highest BCUT2D eigenvalue weighted by molar-refractivity contribution is 6.41. The molecule has 0 saturated heterocycles. The first-order valence-electron chi connectivity index (χ1n) is 10.3. The van der Waals surface area contributed by atoms with Gasteiger partial charge in [0.1, 0.15) is 5.75 Å². The molecular weight excluding hydrogens is 456 g/mol. The predicted molar refractivity (Wildman–Crippen MR) is 132 cm³/mol. The van der Waals surface area contributed by atoms with Crippen LogP contribution in [0.1, 0.15) is 16.7 Å². The molecule has 0 atom stereocenters. The summed E-state index contributed by atoms with van der Waals surface area (Å²) < 4.78 is 5.52. The van der Waals surface area contributed by atoms with E-state index in [1.54, 1.807) is 48.5 Å². The molecule has 0 aliphatic rings. The van der Waals surface area contributed by atoms with Crippen LogP contribution in [-0.4, -0.2) is 30.5 Å². The highest BCUT2D eigenvalue weighted by Crippen LogP contribution is 2.20. The average Bonchev–Trinajstić information content (AvgIpc) is 2.82. The van der Waals surface area contributed by atoms with Crippen molar-refractivity contribution in [3.63, 3.8) is 0 Å². The maximum atomic E-state index is 12.2. The molecule has 34 heavy (non-hydrogen) atoms. The van der Waals surface area contributed by atoms with Crippen LogP contribution in [0.25, 0.3) is 0 Å². The Morgan fingerprint density at radius 3 is 2.38 bits per heavy atom. The van der Waals surface area contributed by atoms with Crippen LogP contribution in [0.3, 0.4) is 0 Å². The molecule has 0 saturated carbocycles. The number of halogens is 1. The van der Waals surface area contributed by atoms with Crippen molar-refractivity contribution < 1.29 is 19.1 Å². The SMILES string of the molecule is Cc1ccc(C)c(NC(=O)COc2ccc(/C=N\NC(=O)C(=O)Nc3ccccc3Cl)cc2)c1. The highest BCUT2D eigenvalue weighted by Gasteiger charge is 2.14. The lowest BCUT2D eigenvalue weighted by Gasteiger charge is -2.10. The van der Waals surface area contributed by atoms with Crippen molar-refractivity contribution in [3.05, 3.63) is 88.4 Å². The number of amides is 3. The van der Waals surface area contributed by atoms with Gasteiger partial charge in [0.2, 0.25) is 0 Å². The third kappa shape index (κ3) is 7.18. The molecule has 3 aromatic rings. The summed E-state index contributed by atoms with van der Waals surface area (Å²) in [6.45, 7) is 3.73. The summed E-state index contributed by atoms with van der Waals surface area (Å²) in [5.41, 5.74) is 5.90. The number of benzene rings is 3. The molecule has 3 N–H and O–H groups in total. The number of aryl methyl sites for hydroxylation is 2. The van der Waals surface area contributed by atoms with E-state index in [9.17, 15) is 14.4 Å². The minimum absolute atomic E-state index is 0.141. The van der Waals surface area contributed by atoms with Crippen LogP contribution in [0.4, 0.5) is 11.4 Å². The number of hydrogen-bond acceptors (Lipinski definition) is 5. The van der Waals surface area contributed by atoms with Crippen LogP contribution in [-0.2, 0) is 14.4 Å². The van der Waals surface area contributed by atoms with Crippen molar-refractivity contribution in [2.75, 3.05) is 17.2 Å². The van der Waals surface area contributed by atoms with Crippen molar-refractivity contribution >= 4 is 46.9 Å². The fraction of sp³-hybridized carbons (Fsp3) is 0.120. The molecule has 9 heteroatoms. The van der Waals surface area contributed by atoms with E-state index in [0.717, 1.165) is 16.8 Å². The number of para-hydroxylation sites is 1. The van der Waals surface area contributed by atoms with Gasteiger partial charge in [-0.3, -0.25) is 14.4 Å². The lowest BCUT2D eigenvalue weighted by molar-refractivity contribution is -0.136. The summed E-state index contributed by atoms with van der Waals surface area (Å²) >= 11 is 5.95. The normalized spacial score (nSPS) is 10.6. The zero-order valence-electron chi connectivity index (χ0n) is 18.6. The molecule has 8 nitrogen and oxygen atoms in total. The van der Waals surface area contributed by atoms with E-state index in [-0.39, 0.29) is 12.5 Å². The molecule has 0 aliphatic carbocycles. The quantitative estimate of drug-likeness (QED) is 0.270. The number of rotatable bonds is 7. The maximum Gasteiger partial charge on any atom is 0.329 e. The van der Waals surface area contributed by atoms with E-state index in [1.807, 2.05) is 32.0 Å². The van der Waals surface area contributed by atoms with Crippen molar-refractivity contribution in [3.8, 4) is 5.75 Å². The van der Waals surface area contributed by atoms with Gasteiger partial charge in [-0.15, -0.1) is 0 Å². The maximum absolute atomic E-state index is 12.2. The van der Waals surface area contributed by atoms with Crippen LogP contribution in [0.5, 0.6) is 5.75 Å². The molecule has 0 radical (unpaired) electrons. The molecule has 0 heterocycles. The molecular formula is C25H23ClN4O4. The fourth-order valence-corrected chi connectivity index (χ4v) is 3.00. The molecule has 0 unspecified atom stereocenters.